The summed E-state index contributed by atoms with van der Waals surface area (Å²) in [5.74, 6) is -1.34. The van der Waals surface area contributed by atoms with Gasteiger partial charge in [-0.25, -0.2) is 0 Å². The van der Waals surface area contributed by atoms with Crippen LogP contribution in [0.25, 0.3) is 0 Å². The SMILES string of the molecule is NC(C(=O)O)C(Cl)(Cl)Cl. The topological polar surface area (TPSA) is 63.3 Å². The Morgan fingerprint density at radius 2 is 1.89 bits per heavy atom. The normalized spacial score (nSPS) is 15.1. The van der Waals surface area contributed by atoms with Crippen molar-refractivity contribution in [1.29, 1.82) is 0 Å². The van der Waals surface area contributed by atoms with Crippen LogP contribution in [-0.4, -0.2) is 20.9 Å². The lowest BCUT2D eigenvalue weighted by molar-refractivity contribution is -0.138. The highest BCUT2D eigenvalue weighted by atomic mass is 35.6. The molecule has 0 saturated heterocycles. The van der Waals surface area contributed by atoms with E-state index in [1.165, 1.54) is 0 Å². The zero-order valence-corrected chi connectivity index (χ0v) is 6.41. The summed E-state index contributed by atoms with van der Waals surface area (Å²) in [4.78, 5) is 9.97. The van der Waals surface area contributed by atoms with Crippen LogP contribution >= 0.6 is 34.8 Å². The molecule has 9 heavy (non-hydrogen) atoms. The van der Waals surface area contributed by atoms with Crippen LogP contribution in [0.1, 0.15) is 0 Å². The first kappa shape index (κ1) is 9.30. The van der Waals surface area contributed by atoms with Gasteiger partial charge in [0.1, 0.15) is 0 Å². The molecule has 0 spiro atoms. The predicted octanol–water partition coefficient (Wildman–Crippen LogP) is 0.768. The first-order valence-corrected chi connectivity index (χ1v) is 3.04. The van der Waals surface area contributed by atoms with E-state index in [2.05, 4.69) is 0 Å². The number of halogens is 3. The second kappa shape index (κ2) is 2.92. The molecule has 0 aromatic carbocycles. The van der Waals surface area contributed by atoms with Crippen molar-refractivity contribution in [2.45, 2.75) is 9.83 Å². The molecule has 0 amide bonds. The maximum absolute atomic E-state index is 9.97. The van der Waals surface area contributed by atoms with Crippen molar-refractivity contribution in [2.24, 2.45) is 5.73 Å². The van der Waals surface area contributed by atoms with Gasteiger partial charge in [-0.05, 0) is 0 Å². The van der Waals surface area contributed by atoms with Gasteiger partial charge in [-0.3, -0.25) is 4.79 Å². The highest BCUT2D eigenvalue weighted by Gasteiger charge is 2.34. The van der Waals surface area contributed by atoms with Gasteiger partial charge in [0.2, 0.25) is 3.79 Å². The molecule has 6 heteroatoms. The second-order valence-electron chi connectivity index (χ2n) is 1.36. The average Bonchev–Trinajstić information content (AvgIpc) is 1.62. The van der Waals surface area contributed by atoms with Crippen molar-refractivity contribution in [1.82, 2.24) is 0 Å². The molecule has 0 rings (SSSR count). The van der Waals surface area contributed by atoms with Crippen LogP contribution in [0.4, 0.5) is 0 Å². The van der Waals surface area contributed by atoms with E-state index in [1.807, 2.05) is 0 Å². The van der Waals surface area contributed by atoms with Crippen molar-refractivity contribution >= 4 is 40.8 Å². The minimum Gasteiger partial charge on any atom is -0.480 e. The molecule has 1 atom stereocenters. The molecule has 0 heterocycles. The van der Waals surface area contributed by atoms with Crippen molar-refractivity contribution in [3.63, 3.8) is 0 Å². The van der Waals surface area contributed by atoms with E-state index in [-0.39, 0.29) is 0 Å². The number of carboxylic acids is 1. The van der Waals surface area contributed by atoms with Gasteiger partial charge < -0.3 is 10.8 Å². The van der Waals surface area contributed by atoms with Gasteiger partial charge in [0.15, 0.2) is 6.04 Å². The Morgan fingerprint density at radius 3 is 1.89 bits per heavy atom. The lowest BCUT2D eigenvalue weighted by Gasteiger charge is -2.14. The smallest absolute Gasteiger partial charge is 0.324 e. The van der Waals surface area contributed by atoms with Gasteiger partial charge in [-0.2, -0.15) is 0 Å². The number of alkyl halides is 3. The first-order valence-electron chi connectivity index (χ1n) is 1.91. The zero-order chi connectivity index (χ0) is 7.65. The summed E-state index contributed by atoms with van der Waals surface area (Å²) in [6.45, 7) is 0. The molecule has 0 radical (unpaired) electrons. The third kappa shape index (κ3) is 3.11. The highest BCUT2D eigenvalue weighted by Crippen LogP contribution is 2.28. The Bertz CT molecular complexity index is 121. The average molecular weight is 192 g/mol. The second-order valence-corrected chi connectivity index (χ2v) is 3.73. The van der Waals surface area contributed by atoms with Gasteiger partial charge >= 0.3 is 5.97 Å². The maximum Gasteiger partial charge on any atom is 0.324 e. The van der Waals surface area contributed by atoms with Crippen LogP contribution in [0, 0.1) is 0 Å². The molecule has 1 unspecified atom stereocenters. The Labute approximate surface area is 66.7 Å². The van der Waals surface area contributed by atoms with Crippen LogP contribution < -0.4 is 5.73 Å². The molecule has 0 aliphatic heterocycles. The van der Waals surface area contributed by atoms with E-state index in [0.29, 0.717) is 0 Å². The number of nitrogens with two attached hydrogens (primary N) is 1. The van der Waals surface area contributed by atoms with E-state index < -0.39 is 15.8 Å². The predicted molar refractivity (Wildman–Crippen MR) is 35.9 cm³/mol. The zero-order valence-electron chi connectivity index (χ0n) is 4.14. The third-order valence-corrected chi connectivity index (χ3v) is 1.32. The lowest BCUT2D eigenvalue weighted by atomic mass is 10.4. The van der Waals surface area contributed by atoms with E-state index in [4.69, 9.17) is 45.6 Å². The summed E-state index contributed by atoms with van der Waals surface area (Å²) < 4.78 is -1.92. The minimum absolute atomic E-state index is 1.34. The van der Waals surface area contributed by atoms with E-state index in [9.17, 15) is 4.79 Å². The summed E-state index contributed by atoms with van der Waals surface area (Å²) >= 11 is 15.3. The Morgan fingerprint density at radius 1 is 1.56 bits per heavy atom. The summed E-state index contributed by atoms with van der Waals surface area (Å²) in [6.07, 6.45) is 0. The molecule has 0 bridgehead atoms. The number of rotatable bonds is 1. The van der Waals surface area contributed by atoms with E-state index in [1.54, 1.807) is 0 Å². The first-order chi connectivity index (χ1) is 3.85. The fourth-order valence-corrected chi connectivity index (χ4v) is 0.420. The van der Waals surface area contributed by atoms with Crippen LogP contribution in [0.3, 0.4) is 0 Å². The van der Waals surface area contributed by atoms with Gasteiger partial charge in [0.05, 0.1) is 0 Å². The summed E-state index contributed by atoms with van der Waals surface area (Å²) in [7, 11) is 0. The van der Waals surface area contributed by atoms with E-state index >= 15 is 0 Å². The molecule has 0 saturated carbocycles. The summed E-state index contributed by atoms with van der Waals surface area (Å²) in [5.41, 5.74) is 4.90. The standard InChI is InChI=1S/C3H4Cl3NO2/c4-3(5,6)1(7)2(8)9/h1H,7H2,(H,8,9). The third-order valence-electron chi connectivity index (χ3n) is 0.619. The lowest BCUT2D eigenvalue weighted by Crippen LogP contribution is -2.41. The van der Waals surface area contributed by atoms with Gasteiger partial charge in [0, 0.05) is 0 Å². The Balaban J connectivity index is 4.04. The van der Waals surface area contributed by atoms with Crippen LogP contribution in [0.5, 0.6) is 0 Å². The number of aliphatic carboxylic acids is 1. The molecule has 0 aliphatic carbocycles. The Kier molecular flexibility index (Phi) is 3.02. The van der Waals surface area contributed by atoms with Crippen molar-refractivity contribution in [3.8, 4) is 0 Å². The Hall–Kier alpha value is 0.300. The van der Waals surface area contributed by atoms with Gasteiger partial charge in [0.25, 0.3) is 0 Å². The number of hydrogen-bond acceptors (Lipinski definition) is 2. The van der Waals surface area contributed by atoms with Crippen molar-refractivity contribution in [2.75, 3.05) is 0 Å². The minimum atomic E-state index is -1.92. The van der Waals surface area contributed by atoms with Gasteiger partial charge in [-0.15, -0.1) is 0 Å². The number of carboxylic acid groups (broad SMARTS) is 1. The van der Waals surface area contributed by atoms with Gasteiger partial charge in [-0.1, -0.05) is 34.8 Å². The van der Waals surface area contributed by atoms with Crippen LogP contribution in [0.2, 0.25) is 0 Å². The number of hydrogen-bond donors (Lipinski definition) is 2. The quantitative estimate of drug-likeness (QED) is 0.603. The molecule has 54 valence electrons. The fourth-order valence-electron chi connectivity index (χ4n) is 0.140. The summed E-state index contributed by atoms with van der Waals surface area (Å²) in [6, 6.07) is -1.47. The highest BCUT2D eigenvalue weighted by molar-refractivity contribution is 6.68. The number of carbonyl (C=O) groups is 1. The monoisotopic (exact) mass is 191 g/mol. The largest absolute Gasteiger partial charge is 0.480 e. The summed E-state index contributed by atoms with van der Waals surface area (Å²) in [5, 5.41) is 8.14. The molecule has 0 fully saturated rings. The molecule has 0 aliphatic rings. The molecule has 3 nitrogen and oxygen atoms in total. The maximum atomic E-state index is 9.97. The molecular formula is C3H4Cl3NO2. The molecular weight excluding hydrogens is 188 g/mol. The van der Waals surface area contributed by atoms with E-state index in [0.717, 1.165) is 0 Å². The van der Waals surface area contributed by atoms with Crippen molar-refractivity contribution < 1.29 is 9.90 Å². The molecule has 3 N–H and O–H groups in total. The van der Waals surface area contributed by atoms with Crippen LogP contribution in [0.15, 0.2) is 0 Å². The molecule has 0 aromatic rings. The van der Waals surface area contributed by atoms with Crippen LogP contribution in [-0.2, 0) is 4.79 Å². The molecule has 0 aromatic heterocycles. The van der Waals surface area contributed by atoms with Crippen molar-refractivity contribution in [3.05, 3.63) is 0 Å². The fraction of sp³-hybridized carbons (Fsp3) is 0.667.